The summed E-state index contributed by atoms with van der Waals surface area (Å²) in [4.78, 5) is 1.12. The minimum absolute atomic E-state index is 0.148. The topological polar surface area (TPSA) is 40.5 Å². The molecule has 0 bridgehead atoms. The molecular weight excluding hydrogens is 268 g/mol. The molecule has 112 valence electrons. The van der Waals surface area contributed by atoms with Crippen molar-refractivity contribution in [1.29, 1.82) is 0 Å². The summed E-state index contributed by atoms with van der Waals surface area (Å²) in [7, 11) is 0. The number of hydrogen-bond donors (Lipinski definition) is 2. The van der Waals surface area contributed by atoms with Gasteiger partial charge in [0.2, 0.25) is 0 Å². The van der Waals surface area contributed by atoms with Crippen molar-refractivity contribution in [1.82, 2.24) is 0 Å². The predicted octanol–water partition coefficient (Wildman–Crippen LogP) is 3.86. The molecule has 0 spiro atoms. The third-order valence-electron chi connectivity index (χ3n) is 4.25. The largest absolute Gasteiger partial charge is 0.392 e. The van der Waals surface area contributed by atoms with E-state index < -0.39 is 11.7 Å². The zero-order chi connectivity index (χ0) is 14.6. The van der Waals surface area contributed by atoms with Gasteiger partial charge in [0, 0.05) is 4.90 Å². The average Bonchev–Trinajstić information content (AvgIpc) is 2.45. The number of rotatable bonds is 5. The van der Waals surface area contributed by atoms with Gasteiger partial charge in [-0.1, -0.05) is 51.3 Å². The van der Waals surface area contributed by atoms with E-state index in [1.807, 2.05) is 32.0 Å². The summed E-state index contributed by atoms with van der Waals surface area (Å²) in [5.74, 6) is 0.155. The van der Waals surface area contributed by atoms with Crippen LogP contribution in [0.5, 0.6) is 0 Å². The van der Waals surface area contributed by atoms with Gasteiger partial charge in [0.1, 0.15) is 0 Å². The summed E-state index contributed by atoms with van der Waals surface area (Å²) in [6.07, 6.45) is 4.45. The van der Waals surface area contributed by atoms with Gasteiger partial charge in [-0.25, -0.2) is 0 Å². The van der Waals surface area contributed by atoms with Crippen LogP contribution in [0.4, 0.5) is 0 Å². The van der Waals surface area contributed by atoms with Crippen LogP contribution < -0.4 is 0 Å². The fourth-order valence-electron chi connectivity index (χ4n) is 2.94. The van der Waals surface area contributed by atoms with Crippen LogP contribution in [0.25, 0.3) is 0 Å². The highest BCUT2D eigenvalue weighted by Crippen LogP contribution is 2.42. The molecule has 2 rings (SSSR count). The van der Waals surface area contributed by atoms with Crippen LogP contribution >= 0.6 is 11.8 Å². The highest BCUT2D eigenvalue weighted by molar-refractivity contribution is 8.00. The third-order valence-corrected chi connectivity index (χ3v) is 5.76. The van der Waals surface area contributed by atoms with E-state index in [-0.39, 0.29) is 11.2 Å². The summed E-state index contributed by atoms with van der Waals surface area (Å²) in [5.41, 5.74) is -0.734. The fraction of sp³-hybridized carbons (Fsp3) is 0.647. The minimum atomic E-state index is -0.734. The van der Waals surface area contributed by atoms with Crippen molar-refractivity contribution >= 4 is 11.8 Å². The highest BCUT2D eigenvalue weighted by Gasteiger charge is 2.43. The Morgan fingerprint density at radius 2 is 1.65 bits per heavy atom. The van der Waals surface area contributed by atoms with Crippen LogP contribution in [0, 0.1) is 5.92 Å². The first-order valence-electron chi connectivity index (χ1n) is 7.65. The van der Waals surface area contributed by atoms with Gasteiger partial charge in [-0.05, 0) is 30.9 Å². The summed E-state index contributed by atoms with van der Waals surface area (Å²) in [6.45, 7) is 4.05. The molecule has 3 heteroatoms. The molecule has 0 radical (unpaired) electrons. The Bertz CT molecular complexity index is 399. The molecule has 1 aliphatic rings. The molecule has 1 aromatic rings. The molecule has 0 aliphatic heterocycles. The molecule has 1 aromatic carbocycles. The Kier molecular flexibility index (Phi) is 5.53. The molecule has 2 atom stereocenters. The van der Waals surface area contributed by atoms with E-state index in [0.29, 0.717) is 0 Å². The van der Waals surface area contributed by atoms with Crippen LogP contribution in [0.3, 0.4) is 0 Å². The van der Waals surface area contributed by atoms with Crippen LogP contribution in [-0.4, -0.2) is 27.2 Å². The lowest BCUT2D eigenvalue weighted by Gasteiger charge is -2.42. The first-order chi connectivity index (χ1) is 9.53. The van der Waals surface area contributed by atoms with Crippen LogP contribution in [-0.2, 0) is 0 Å². The van der Waals surface area contributed by atoms with Crippen molar-refractivity contribution in [2.75, 3.05) is 0 Å². The first-order valence-corrected chi connectivity index (χ1v) is 8.53. The second kappa shape index (κ2) is 6.97. The normalized spacial score (nSPS) is 21.6. The fourth-order valence-corrected chi connectivity index (χ4v) is 4.46. The molecule has 1 aliphatic carbocycles. The average molecular weight is 294 g/mol. The number of hydrogen-bond acceptors (Lipinski definition) is 3. The first kappa shape index (κ1) is 15.9. The predicted molar refractivity (Wildman–Crippen MR) is 85.0 cm³/mol. The summed E-state index contributed by atoms with van der Waals surface area (Å²) in [6, 6.07) is 10.1. The van der Waals surface area contributed by atoms with Gasteiger partial charge in [-0.3, -0.25) is 0 Å². The minimum Gasteiger partial charge on any atom is -0.392 e. The summed E-state index contributed by atoms with van der Waals surface area (Å²) >= 11 is 1.63. The van der Waals surface area contributed by atoms with Crippen LogP contribution in [0.15, 0.2) is 35.2 Å². The van der Waals surface area contributed by atoms with E-state index in [4.69, 9.17) is 0 Å². The molecule has 0 amide bonds. The van der Waals surface area contributed by atoms with E-state index in [1.54, 1.807) is 11.8 Å². The molecule has 2 nitrogen and oxygen atoms in total. The zero-order valence-corrected chi connectivity index (χ0v) is 13.3. The van der Waals surface area contributed by atoms with Crippen LogP contribution in [0.1, 0.15) is 46.0 Å². The molecule has 0 saturated heterocycles. The molecule has 0 heterocycles. The summed E-state index contributed by atoms with van der Waals surface area (Å²) in [5, 5.41) is 21.5. The molecule has 20 heavy (non-hydrogen) atoms. The van der Waals surface area contributed by atoms with E-state index >= 15 is 0 Å². The van der Waals surface area contributed by atoms with Gasteiger partial charge >= 0.3 is 0 Å². The lowest BCUT2D eigenvalue weighted by Crippen LogP contribution is -2.49. The lowest BCUT2D eigenvalue weighted by molar-refractivity contribution is -0.0397. The number of aliphatic hydroxyl groups excluding tert-OH is 1. The Balaban J connectivity index is 2.20. The molecular formula is C17H26O2S. The second-order valence-electron chi connectivity index (χ2n) is 6.25. The van der Waals surface area contributed by atoms with Crippen molar-refractivity contribution < 1.29 is 10.2 Å². The molecule has 1 saturated carbocycles. The van der Waals surface area contributed by atoms with Gasteiger partial charge in [0.25, 0.3) is 0 Å². The number of thioether (sulfide) groups is 1. The van der Waals surface area contributed by atoms with E-state index in [9.17, 15) is 10.2 Å². The van der Waals surface area contributed by atoms with Crippen molar-refractivity contribution in [3.63, 3.8) is 0 Å². The molecule has 1 fully saturated rings. The maximum absolute atomic E-state index is 11.0. The zero-order valence-electron chi connectivity index (χ0n) is 12.5. The van der Waals surface area contributed by atoms with Crippen LogP contribution in [0.2, 0.25) is 0 Å². The summed E-state index contributed by atoms with van der Waals surface area (Å²) < 4.78 is 0. The van der Waals surface area contributed by atoms with E-state index in [1.165, 1.54) is 6.42 Å². The van der Waals surface area contributed by atoms with E-state index in [2.05, 4.69) is 12.1 Å². The monoisotopic (exact) mass is 294 g/mol. The molecule has 0 aromatic heterocycles. The maximum Gasteiger partial charge on any atom is 0.0794 e. The van der Waals surface area contributed by atoms with E-state index in [0.717, 1.165) is 30.6 Å². The smallest absolute Gasteiger partial charge is 0.0794 e. The van der Waals surface area contributed by atoms with Gasteiger partial charge in [-0.2, -0.15) is 0 Å². The van der Waals surface area contributed by atoms with Gasteiger partial charge in [0.15, 0.2) is 0 Å². The number of aliphatic hydroxyl groups is 2. The maximum atomic E-state index is 11.0. The standard InChI is InChI=1S/C17H26O2S/c1-13(2)15(18)16(17(19)11-7-4-8-12-17)20-14-9-5-3-6-10-14/h3,5-6,9-10,13,15-16,18-19H,4,7-8,11-12H2,1-2H3. The molecule has 2 unspecified atom stereocenters. The Morgan fingerprint density at radius 3 is 2.20 bits per heavy atom. The second-order valence-corrected chi connectivity index (χ2v) is 7.47. The van der Waals surface area contributed by atoms with Gasteiger partial charge in [-0.15, -0.1) is 11.8 Å². The highest BCUT2D eigenvalue weighted by atomic mass is 32.2. The van der Waals surface area contributed by atoms with Gasteiger partial charge < -0.3 is 10.2 Å². The molecule has 2 N–H and O–H groups in total. The number of benzene rings is 1. The Morgan fingerprint density at radius 1 is 1.05 bits per heavy atom. The van der Waals surface area contributed by atoms with Crippen molar-refractivity contribution in [3.8, 4) is 0 Å². The SMILES string of the molecule is CC(C)C(O)C(Sc1ccccc1)C1(O)CCCCC1. The van der Waals surface area contributed by atoms with Crippen molar-refractivity contribution in [3.05, 3.63) is 30.3 Å². The van der Waals surface area contributed by atoms with Crippen molar-refractivity contribution in [2.45, 2.75) is 67.8 Å². The van der Waals surface area contributed by atoms with Crippen molar-refractivity contribution in [2.24, 2.45) is 5.92 Å². The Labute approximate surface area is 126 Å². The lowest BCUT2D eigenvalue weighted by atomic mass is 9.79. The quantitative estimate of drug-likeness (QED) is 0.810. The Hall–Kier alpha value is -0.510. The van der Waals surface area contributed by atoms with Gasteiger partial charge in [0.05, 0.1) is 17.0 Å². The third kappa shape index (κ3) is 3.78.